The summed E-state index contributed by atoms with van der Waals surface area (Å²) in [4.78, 5) is 34.5. The third-order valence-electron chi connectivity index (χ3n) is 5.29. The Morgan fingerprint density at radius 2 is 1.79 bits per heavy atom. The summed E-state index contributed by atoms with van der Waals surface area (Å²) in [5.74, 6) is 1.13. The average molecular weight is 463 g/mol. The van der Waals surface area contributed by atoms with Crippen LogP contribution in [0.4, 0.5) is 0 Å². The van der Waals surface area contributed by atoms with E-state index in [1.54, 1.807) is 42.1 Å². The molecule has 0 aliphatic heterocycles. The van der Waals surface area contributed by atoms with Crippen molar-refractivity contribution in [3.05, 3.63) is 99.2 Å². The fourth-order valence-electron chi connectivity index (χ4n) is 3.48. The standard InChI is InChI=1S/C25H23ClN4O3/c1-33-20-10-6-18(7-11-20)16-30-22(29-24-21(25(30)32)3-2-14-27-24)12-13-23(31)28-15-17-4-8-19(26)9-5-17/h2-11,14H,12-13,15-16H2,1H3,(H,28,31). The minimum Gasteiger partial charge on any atom is -0.497 e. The number of benzene rings is 2. The number of aryl methyl sites for hydroxylation is 1. The number of carbonyl (C=O) groups excluding carboxylic acids is 1. The van der Waals surface area contributed by atoms with Crippen LogP contribution in [-0.2, 0) is 24.3 Å². The van der Waals surface area contributed by atoms with Gasteiger partial charge in [-0.2, -0.15) is 0 Å². The summed E-state index contributed by atoms with van der Waals surface area (Å²) in [6, 6.07) is 18.2. The third-order valence-corrected chi connectivity index (χ3v) is 5.54. The quantitative estimate of drug-likeness (QED) is 0.431. The van der Waals surface area contributed by atoms with Crippen LogP contribution in [-0.4, -0.2) is 27.6 Å². The van der Waals surface area contributed by atoms with Gasteiger partial charge in [-0.15, -0.1) is 0 Å². The van der Waals surface area contributed by atoms with Crippen LogP contribution < -0.4 is 15.6 Å². The number of amides is 1. The van der Waals surface area contributed by atoms with Crippen molar-refractivity contribution in [1.29, 1.82) is 0 Å². The molecule has 0 atom stereocenters. The highest BCUT2D eigenvalue weighted by molar-refractivity contribution is 6.30. The van der Waals surface area contributed by atoms with E-state index in [1.165, 1.54) is 0 Å². The molecule has 4 rings (SSSR count). The number of pyridine rings is 1. The van der Waals surface area contributed by atoms with Gasteiger partial charge in [0.05, 0.1) is 19.0 Å². The minimum absolute atomic E-state index is 0.128. The first kappa shape index (κ1) is 22.5. The number of aromatic nitrogens is 3. The highest BCUT2D eigenvalue weighted by Gasteiger charge is 2.14. The molecule has 2 aromatic carbocycles. The number of hydrogen-bond acceptors (Lipinski definition) is 5. The van der Waals surface area contributed by atoms with Gasteiger partial charge in [0.1, 0.15) is 11.6 Å². The number of fused-ring (bicyclic) bond motifs is 1. The summed E-state index contributed by atoms with van der Waals surface area (Å²) in [6.07, 6.45) is 2.11. The zero-order valence-electron chi connectivity index (χ0n) is 18.1. The van der Waals surface area contributed by atoms with Crippen molar-refractivity contribution in [1.82, 2.24) is 19.9 Å². The number of halogens is 1. The lowest BCUT2D eigenvalue weighted by Crippen LogP contribution is -2.28. The van der Waals surface area contributed by atoms with Gasteiger partial charge >= 0.3 is 0 Å². The Morgan fingerprint density at radius 3 is 2.52 bits per heavy atom. The molecule has 0 saturated heterocycles. The van der Waals surface area contributed by atoms with Crippen LogP contribution in [0.15, 0.2) is 71.7 Å². The molecule has 0 spiro atoms. The molecular formula is C25H23ClN4O3. The number of carbonyl (C=O) groups is 1. The molecule has 1 amide bonds. The SMILES string of the molecule is COc1ccc(Cn2c(CCC(=O)NCc3ccc(Cl)cc3)nc3ncccc3c2=O)cc1. The number of ether oxygens (including phenoxy) is 1. The Morgan fingerprint density at radius 1 is 1.06 bits per heavy atom. The first-order valence-electron chi connectivity index (χ1n) is 10.5. The molecule has 0 aliphatic carbocycles. The van der Waals surface area contributed by atoms with Crippen molar-refractivity contribution in [2.75, 3.05) is 7.11 Å². The van der Waals surface area contributed by atoms with Crippen molar-refractivity contribution < 1.29 is 9.53 Å². The van der Waals surface area contributed by atoms with Crippen LogP contribution in [0, 0.1) is 0 Å². The van der Waals surface area contributed by atoms with Gasteiger partial charge in [0, 0.05) is 30.6 Å². The van der Waals surface area contributed by atoms with Gasteiger partial charge < -0.3 is 10.1 Å². The molecule has 2 heterocycles. The number of rotatable bonds is 8. The molecule has 4 aromatic rings. The van der Waals surface area contributed by atoms with Crippen molar-refractivity contribution >= 4 is 28.5 Å². The number of hydrogen-bond donors (Lipinski definition) is 1. The summed E-state index contributed by atoms with van der Waals surface area (Å²) in [6.45, 7) is 0.740. The number of nitrogens with one attached hydrogen (secondary N) is 1. The van der Waals surface area contributed by atoms with E-state index >= 15 is 0 Å². The highest BCUT2D eigenvalue weighted by atomic mass is 35.5. The molecule has 8 heteroatoms. The molecule has 0 bridgehead atoms. The van der Waals surface area contributed by atoms with E-state index in [2.05, 4.69) is 15.3 Å². The zero-order valence-corrected chi connectivity index (χ0v) is 18.9. The Balaban J connectivity index is 1.53. The fraction of sp³-hybridized carbons (Fsp3) is 0.200. The van der Waals surface area contributed by atoms with Crippen LogP contribution in [0.25, 0.3) is 11.0 Å². The maximum absolute atomic E-state index is 13.2. The van der Waals surface area contributed by atoms with E-state index in [-0.39, 0.29) is 17.9 Å². The predicted octanol–water partition coefficient (Wildman–Crippen LogP) is 3.75. The van der Waals surface area contributed by atoms with Gasteiger partial charge in [-0.1, -0.05) is 35.9 Å². The van der Waals surface area contributed by atoms with E-state index in [4.69, 9.17) is 16.3 Å². The maximum Gasteiger partial charge on any atom is 0.263 e. The summed E-state index contributed by atoms with van der Waals surface area (Å²) < 4.78 is 6.82. The van der Waals surface area contributed by atoms with Gasteiger partial charge in [-0.05, 0) is 47.5 Å². The Labute approximate surface area is 196 Å². The second-order valence-electron chi connectivity index (χ2n) is 7.55. The molecule has 0 saturated carbocycles. The smallest absolute Gasteiger partial charge is 0.263 e. The van der Waals surface area contributed by atoms with E-state index in [1.807, 2.05) is 36.4 Å². The fourth-order valence-corrected chi connectivity index (χ4v) is 3.61. The van der Waals surface area contributed by atoms with Crippen LogP contribution >= 0.6 is 11.6 Å². The first-order valence-corrected chi connectivity index (χ1v) is 10.9. The van der Waals surface area contributed by atoms with E-state index < -0.39 is 0 Å². The Hall–Kier alpha value is -3.71. The first-order chi connectivity index (χ1) is 16.0. The van der Waals surface area contributed by atoms with Gasteiger partial charge in [-0.25, -0.2) is 9.97 Å². The van der Waals surface area contributed by atoms with Crippen LogP contribution in [0.1, 0.15) is 23.4 Å². The van der Waals surface area contributed by atoms with E-state index in [0.717, 1.165) is 16.9 Å². The largest absolute Gasteiger partial charge is 0.497 e. The lowest BCUT2D eigenvalue weighted by atomic mass is 10.2. The van der Waals surface area contributed by atoms with Crippen LogP contribution in [0.3, 0.4) is 0 Å². The normalized spacial score (nSPS) is 10.8. The zero-order chi connectivity index (χ0) is 23.2. The maximum atomic E-state index is 13.2. The number of methoxy groups -OCH3 is 1. The van der Waals surface area contributed by atoms with Gasteiger partial charge in [0.2, 0.25) is 5.91 Å². The molecule has 0 unspecified atom stereocenters. The van der Waals surface area contributed by atoms with Crippen molar-refractivity contribution in [2.24, 2.45) is 0 Å². The summed E-state index contributed by atoms with van der Waals surface area (Å²) in [5.41, 5.74) is 2.08. The van der Waals surface area contributed by atoms with Gasteiger partial charge in [-0.3, -0.25) is 14.2 Å². The monoisotopic (exact) mass is 462 g/mol. The average Bonchev–Trinajstić information content (AvgIpc) is 2.85. The lowest BCUT2D eigenvalue weighted by Gasteiger charge is -2.14. The summed E-state index contributed by atoms with van der Waals surface area (Å²) in [7, 11) is 1.61. The summed E-state index contributed by atoms with van der Waals surface area (Å²) in [5, 5.41) is 3.99. The van der Waals surface area contributed by atoms with Gasteiger partial charge in [0.25, 0.3) is 5.56 Å². The molecule has 0 radical (unpaired) electrons. The Kier molecular flexibility index (Phi) is 7.00. The van der Waals surface area contributed by atoms with Crippen LogP contribution in [0.2, 0.25) is 5.02 Å². The molecule has 168 valence electrons. The van der Waals surface area contributed by atoms with Crippen molar-refractivity contribution in [3.63, 3.8) is 0 Å². The third kappa shape index (κ3) is 5.56. The molecule has 7 nitrogen and oxygen atoms in total. The molecule has 2 aromatic heterocycles. The molecule has 1 N–H and O–H groups in total. The second kappa shape index (κ2) is 10.3. The van der Waals surface area contributed by atoms with Crippen LogP contribution in [0.5, 0.6) is 5.75 Å². The lowest BCUT2D eigenvalue weighted by molar-refractivity contribution is -0.121. The highest BCUT2D eigenvalue weighted by Crippen LogP contribution is 2.14. The molecular weight excluding hydrogens is 440 g/mol. The van der Waals surface area contributed by atoms with E-state index in [9.17, 15) is 9.59 Å². The second-order valence-corrected chi connectivity index (χ2v) is 7.98. The predicted molar refractivity (Wildman–Crippen MR) is 128 cm³/mol. The Bertz CT molecular complexity index is 1320. The molecule has 0 fully saturated rings. The molecule has 0 aliphatic rings. The number of nitrogens with zero attached hydrogens (tertiary/aromatic N) is 3. The van der Waals surface area contributed by atoms with E-state index in [0.29, 0.717) is 41.4 Å². The molecule has 33 heavy (non-hydrogen) atoms. The summed E-state index contributed by atoms with van der Waals surface area (Å²) >= 11 is 5.90. The van der Waals surface area contributed by atoms with Crippen molar-refractivity contribution in [3.8, 4) is 5.75 Å². The minimum atomic E-state index is -0.180. The van der Waals surface area contributed by atoms with Crippen molar-refractivity contribution in [2.45, 2.75) is 25.9 Å². The topological polar surface area (TPSA) is 86.1 Å². The van der Waals surface area contributed by atoms with Gasteiger partial charge in [0.15, 0.2) is 5.65 Å².